The van der Waals surface area contributed by atoms with Crippen LogP contribution in [0.15, 0.2) is 23.1 Å². The second-order valence-corrected chi connectivity index (χ2v) is 8.55. The van der Waals surface area contributed by atoms with Crippen LogP contribution in [0, 0.1) is 5.92 Å². The molecule has 0 aromatic heterocycles. The van der Waals surface area contributed by atoms with Crippen molar-refractivity contribution in [3.63, 3.8) is 0 Å². The summed E-state index contributed by atoms with van der Waals surface area (Å²) in [5, 5.41) is 0. The maximum Gasteiger partial charge on any atom is 0.257 e. The summed E-state index contributed by atoms with van der Waals surface area (Å²) in [4.78, 5) is 14.7. The molecule has 152 valence electrons. The van der Waals surface area contributed by atoms with Crippen LogP contribution < -0.4 is 9.46 Å². The molecule has 0 spiro atoms. The van der Waals surface area contributed by atoms with Gasteiger partial charge in [0.25, 0.3) is 5.91 Å². The highest BCUT2D eigenvalue weighted by Crippen LogP contribution is 2.26. The number of piperidine rings is 1. The number of nitrogens with one attached hydrogen (secondary N) is 1. The second-order valence-electron chi connectivity index (χ2n) is 6.79. The summed E-state index contributed by atoms with van der Waals surface area (Å²) >= 11 is 0. The first kappa shape index (κ1) is 21.7. The summed E-state index contributed by atoms with van der Waals surface area (Å²) in [6.45, 7) is 6.80. The van der Waals surface area contributed by atoms with Gasteiger partial charge >= 0.3 is 0 Å². The van der Waals surface area contributed by atoms with Gasteiger partial charge < -0.3 is 14.4 Å². The third kappa shape index (κ3) is 5.92. The third-order valence-corrected chi connectivity index (χ3v) is 6.20. The minimum Gasteiger partial charge on any atom is -0.496 e. The summed E-state index contributed by atoms with van der Waals surface area (Å²) in [5.74, 6) is 0.796. The van der Waals surface area contributed by atoms with Gasteiger partial charge in [-0.15, -0.1) is 0 Å². The lowest BCUT2D eigenvalue weighted by molar-refractivity contribution is 0.0693. The van der Waals surface area contributed by atoms with Crippen molar-refractivity contribution in [1.29, 1.82) is 0 Å². The van der Waals surface area contributed by atoms with Crippen LogP contribution >= 0.6 is 0 Å². The van der Waals surface area contributed by atoms with E-state index >= 15 is 0 Å². The van der Waals surface area contributed by atoms with Gasteiger partial charge in [-0.2, -0.15) is 0 Å². The number of sulfonamides is 1. The molecule has 1 fully saturated rings. The van der Waals surface area contributed by atoms with Gasteiger partial charge in [-0.3, -0.25) is 4.79 Å². The lowest BCUT2D eigenvalue weighted by atomic mass is 9.98. The normalized spacial score (nSPS) is 15.7. The lowest BCUT2D eigenvalue weighted by Crippen LogP contribution is -2.38. The van der Waals surface area contributed by atoms with E-state index in [4.69, 9.17) is 9.47 Å². The van der Waals surface area contributed by atoms with Crippen LogP contribution in [0.4, 0.5) is 0 Å². The first-order valence-electron chi connectivity index (χ1n) is 9.43. The van der Waals surface area contributed by atoms with E-state index in [0.717, 1.165) is 12.8 Å². The topological polar surface area (TPSA) is 84.9 Å². The highest BCUT2D eigenvalue weighted by molar-refractivity contribution is 7.89. The number of rotatable bonds is 9. The molecule has 1 N–H and O–H groups in total. The first-order chi connectivity index (χ1) is 12.9. The van der Waals surface area contributed by atoms with Crippen LogP contribution in [-0.4, -0.2) is 59.2 Å². The molecule has 0 unspecified atom stereocenters. The first-order valence-corrected chi connectivity index (χ1v) is 10.9. The monoisotopic (exact) mass is 398 g/mol. The molecule has 0 bridgehead atoms. The number of amides is 1. The summed E-state index contributed by atoms with van der Waals surface area (Å²) < 4.78 is 38.1. The SMILES string of the molecule is CCOCCCNS(=O)(=O)c1ccc(OC)c(C(=O)N2CCC(C)CC2)c1. The van der Waals surface area contributed by atoms with Crippen molar-refractivity contribution in [3.8, 4) is 5.75 Å². The Balaban J connectivity index is 2.15. The molecule has 0 radical (unpaired) electrons. The van der Waals surface area contributed by atoms with Gasteiger partial charge in [0.1, 0.15) is 5.75 Å². The predicted octanol–water partition coefficient (Wildman–Crippen LogP) is 2.27. The number of likely N-dealkylation sites (tertiary alicyclic amines) is 1. The smallest absolute Gasteiger partial charge is 0.257 e. The molecule has 1 heterocycles. The molecule has 1 saturated heterocycles. The van der Waals surface area contributed by atoms with Crippen molar-refractivity contribution in [2.75, 3.05) is 40.0 Å². The van der Waals surface area contributed by atoms with E-state index in [1.807, 2.05) is 6.92 Å². The van der Waals surface area contributed by atoms with Crippen molar-refractivity contribution in [2.45, 2.75) is 38.0 Å². The number of nitrogens with zero attached hydrogens (tertiary/aromatic N) is 1. The molecule has 27 heavy (non-hydrogen) atoms. The Morgan fingerprint density at radius 3 is 2.63 bits per heavy atom. The van der Waals surface area contributed by atoms with Gasteiger partial charge in [-0.1, -0.05) is 6.92 Å². The van der Waals surface area contributed by atoms with Crippen molar-refractivity contribution in [2.24, 2.45) is 5.92 Å². The van der Waals surface area contributed by atoms with Crippen LogP contribution in [0.5, 0.6) is 5.75 Å². The van der Waals surface area contributed by atoms with E-state index < -0.39 is 10.0 Å². The molecule has 0 saturated carbocycles. The Kier molecular flexibility index (Phi) is 8.07. The third-order valence-electron chi connectivity index (χ3n) is 4.74. The average Bonchev–Trinajstić information content (AvgIpc) is 2.67. The molecular weight excluding hydrogens is 368 g/mol. The molecule has 2 rings (SSSR count). The van der Waals surface area contributed by atoms with Crippen molar-refractivity contribution in [3.05, 3.63) is 23.8 Å². The second kappa shape index (κ2) is 10.1. The molecule has 7 nitrogen and oxygen atoms in total. The molecule has 8 heteroatoms. The number of methoxy groups -OCH3 is 1. The number of hydrogen-bond acceptors (Lipinski definition) is 5. The molecular formula is C19H30N2O5S. The van der Waals surface area contributed by atoms with Crippen LogP contribution in [0.3, 0.4) is 0 Å². The van der Waals surface area contributed by atoms with Gasteiger partial charge in [0.2, 0.25) is 10.0 Å². The Morgan fingerprint density at radius 1 is 1.30 bits per heavy atom. The van der Waals surface area contributed by atoms with E-state index in [0.29, 0.717) is 44.4 Å². The Morgan fingerprint density at radius 2 is 2.00 bits per heavy atom. The fourth-order valence-corrected chi connectivity index (χ4v) is 4.11. The fourth-order valence-electron chi connectivity index (χ4n) is 3.01. The standard InChI is InChI=1S/C19H30N2O5S/c1-4-26-13-5-10-20-27(23,24)16-6-7-18(25-3)17(14-16)19(22)21-11-8-15(2)9-12-21/h6-7,14-15,20H,4-5,8-13H2,1-3H3. The zero-order chi connectivity index (χ0) is 19.9. The van der Waals surface area contributed by atoms with Gasteiger partial charge in [0.05, 0.1) is 17.6 Å². The lowest BCUT2D eigenvalue weighted by Gasteiger charge is -2.30. The summed E-state index contributed by atoms with van der Waals surface area (Å²) in [5.41, 5.74) is 0.282. The Hall–Kier alpha value is -1.64. The Labute approximate surface area is 162 Å². The summed E-state index contributed by atoms with van der Waals surface area (Å²) in [7, 11) is -2.22. The van der Waals surface area contributed by atoms with Crippen LogP contribution in [0.25, 0.3) is 0 Å². The average molecular weight is 399 g/mol. The number of carbonyl (C=O) groups is 1. The molecule has 1 amide bonds. The number of hydrogen-bond donors (Lipinski definition) is 1. The van der Waals surface area contributed by atoms with Crippen molar-refractivity contribution < 1.29 is 22.7 Å². The van der Waals surface area contributed by atoms with E-state index in [2.05, 4.69) is 11.6 Å². The predicted molar refractivity (Wildman–Crippen MR) is 104 cm³/mol. The minimum atomic E-state index is -3.70. The van der Waals surface area contributed by atoms with E-state index in [-0.39, 0.29) is 22.9 Å². The minimum absolute atomic E-state index is 0.0634. The Bertz CT molecular complexity index is 728. The van der Waals surface area contributed by atoms with Crippen molar-refractivity contribution in [1.82, 2.24) is 9.62 Å². The summed E-state index contributed by atoms with van der Waals surface area (Å²) in [6, 6.07) is 4.40. The van der Waals surface area contributed by atoms with Gasteiger partial charge in [0.15, 0.2) is 0 Å². The van der Waals surface area contributed by atoms with Crippen molar-refractivity contribution >= 4 is 15.9 Å². The molecule has 0 aliphatic carbocycles. The number of benzene rings is 1. The van der Waals surface area contributed by atoms with Crippen LogP contribution in [0.1, 0.15) is 43.5 Å². The highest BCUT2D eigenvalue weighted by atomic mass is 32.2. The molecule has 1 aromatic rings. The largest absolute Gasteiger partial charge is 0.496 e. The maximum atomic E-state index is 12.9. The quantitative estimate of drug-likeness (QED) is 0.645. The maximum absolute atomic E-state index is 12.9. The van der Waals surface area contributed by atoms with Crippen LogP contribution in [0.2, 0.25) is 0 Å². The molecule has 1 aromatic carbocycles. The van der Waals surface area contributed by atoms with E-state index in [1.165, 1.54) is 25.3 Å². The van der Waals surface area contributed by atoms with Gasteiger partial charge in [-0.05, 0) is 50.3 Å². The molecule has 1 aliphatic rings. The van der Waals surface area contributed by atoms with Gasteiger partial charge in [0, 0.05) is 32.8 Å². The highest BCUT2D eigenvalue weighted by Gasteiger charge is 2.25. The fraction of sp³-hybridized carbons (Fsp3) is 0.632. The van der Waals surface area contributed by atoms with Gasteiger partial charge in [-0.25, -0.2) is 13.1 Å². The molecule has 1 aliphatic heterocycles. The number of ether oxygens (including phenoxy) is 2. The van der Waals surface area contributed by atoms with Crippen LogP contribution in [-0.2, 0) is 14.8 Å². The molecule has 0 atom stereocenters. The van der Waals surface area contributed by atoms with E-state index in [1.54, 1.807) is 4.90 Å². The zero-order valence-electron chi connectivity index (χ0n) is 16.4. The summed E-state index contributed by atoms with van der Waals surface area (Å²) in [6.07, 6.45) is 2.49. The zero-order valence-corrected chi connectivity index (χ0v) is 17.2. The van der Waals surface area contributed by atoms with E-state index in [9.17, 15) is 13.2 Å². The number of carbonyl (C=O) groups excluding carboxylic acids is 1.